The van der Waals surface area contributed by atoms with Crippen molar-refractivity contribution in [3.05, 3.63) is 101 Å². The number of H-pyrrole nitrogens is 1. The molecule has 0 saturated carbocycles. The summed E-state index contributed by atoms with van der Waals surface area (Å²) < 4.78 is 19.2. The van der Waals surface area contributed by atoms with E-state index in [0.29, 0.717) is 18.7 Å². The van der Waals surface area contributed by atoms with Gasteiger partial charge < -0.3 is 25.7 Å². The lowest BCUT2D eigenvalue weighted by molar-refractivity contribution is -0.111. The fourth-order valence-electron chi connectivity index (χ4n) is 5.81. The molecule has 1 aromatic heterocycles. The van der Waals surface area contributed by atoms with Crippen molar-refractivity contribution in [1.82, 2.24) is 9.88 Å². The lowest BCUT2D eigenvalue weighted by atomic mass is 9.85. The van der Waals surface area contributed by atoms with E-state index in [9.17, 15) is 14.0 Å². The van der Waals surface area contributed by atoms with E-state index in [2.05, 4.69) is 41.5 Å². The maximum absolute atomic E-state index is 13.6. The van der Waals surface area contributed by atoms with E-state index in [1.807, 2.05) is 43.9 Å². The Labute approximate surface area is 251 Å². The van der Waals surface area contributed by atoms with Gasteiger partial charge in [-0.2, -0.15) is 0 Å². The highest BCUT2D eigenvalue weighted by Crippen LogP contribution is 2.36. The molecular weight excluding hydrogens is 543 g/mol. The molecule has 7 nitrogen and oxygen atoms in total. The van der Waals surface area contributed by atoms with Crippen molar-refractivity contribution in [3.63, 3.8) is 0 Å². The van der Waals surface area contributed by atoms with Crippen molar-refractivity contribution < 1.29 is 18.7 Å². The van der Waals surface area contributed by atoms with Crippen LogP contribution < -0.4 is 11.1 Å². The first-order valence-corrected chi connectivity index (χ1v) is 14.7. The number of nitrogens with two attached hydrogens (primary N) is 1. The van der Waals surface area contributed by atoms with Gasteiger partial charge in [0.25, 0.3) is 0 Å². The molecule has 4 aromatic rings. The first-order chi connectivity index (χ1) is 20.5. The maximum atomic E-state index is 13.6. The Kier molecular flexibility index (Phi) is 8.57. The molecule has 4 N–H and O–H groups in total. The Hall–Kier alpha value is -4.59. The third kappa shape index (κ3) is 7.08. The molecule has 5 rings (SSSR count). The van der Waals surface area contributed by atoms with Crippen LogP contribution in [0.15, 0.2) is 66.7 Å². The number of para-hydroxylation sites is 1. The molecule has 224 valence electrons. The van der Waals surface area contributed by atoms with Crippen LogP contribution in [0.1, 0.15) is 67.6 Å². The van der Waals surface area contributed by atoms with E-state index >= 15 is 0 Å². The predicted molar refractivity (Wildman–Crippen MR) is 170 cm³/mol. The lowest BCUT2D eigenvalue weighted by Crippen LogP contribution is -2.41. The number of hydrogen-bond acceptors (Lipinski definition) is 4. The molecule has 0 fully saturated rings. The van der Waals surface area contributed by atoms with Crippen molar-refractivity contribution >= 4 is 40.4 Å². The van der Waals surface area contributed by atoms with Gasteiger partial charge >= 0.3 is 6.09 Å². The zero-order valence-electron chi connectivity index (χ0n) is 25.2. The molecule has 1 atom stereocenters. The molecule has 0 bridgehead atoms. The number of benzene rings is 3. The van der Waals surface area contributed by atoms with Crippen molar-refractivity contribution in [2.75, 3.05) is 17.6 Å². The normalized spacial score (nSPS) is 15.0. The summed E-state index contributed by atoms with van der Waals surface area (Å²) in [6.07, 6.45) is 6.22. The van der Waals surface area contributed by atoms with E-state index in [0.717, 1.165) is 47.2 Å². The largest absolute Gasteiger partial charge is 0.444 e. The molecule has 1 aliphatic rings. The molecule has 3 aromatic carbocycles. The van der Waals surface area contributed by atoms with Gasteiger partial charge in [0.2, 0.25) is 5.91 Å². The van der Waals surface area contributed by atoms with Crippen LogP contribution in [0.25, 0.3) is 17.0 Å². The molecule has 0 spiro atoms. The van der Waals surface area contributed by atoms with E-state index in [1.54, 1.807) is 6.08 Å². The Bertz CT molecular complexity index is 1680. The third-order valence-electron chi connectivity index (χ3n) is 7.78. The molecule has 1 aliphatic carbocycles. The zero-order valence-corrected chi connectivity index (χ0v) is 25.2. The van der Waals surface area contributed by atoms with Gasteiger partial charge in [0.15, 0.2) is 0 Å². The number of carbonyl (C=O) groups excluding carboxylic acids is 2. The van der Waals surface area contributed by atoms with Gasteiger partial charge in [0.05, 0.1) is 17.4 Å². The first kappa shape index (κ1) is 29.9. The van der Waals surface area contributed by atoms with Crippen LogP contribution in [0, 0.1) is 12.7 Å². The van der Waals surface area contributed by atoms with Gasteiger partial charge in [-0.1, -0.05) is 36.4 Å². The number of nitrogens with one attached hydrogen (secondary N) is 2. The van der Waals surface area contributed by atoms with Crippen LogP contribution in [0.5, 0.6) is 0 Å². The number of nitrogen functional groups attached to an aromatic ring is 1. The number of fused-ring (bicyclic) bond motifs is 2. The highest BCUT2D eigenvalue weighted by molar-refractivity contribution is 6.03. The van der Waals surface area contributed by atoms with E-state index in [1.165, 1.54) is 35.2 Å². The van der Waals surface area contributed by atoms with Crippen molar-refractivity contribution in [3.8, 4) is 0 Å². The number of rotatable bonds is 7. The number of nitrogens with zero attached hydrogens (tertiary/aromatic N) is 1. The Morgan fingerprint density at radius 2 is 1.93 bits per heavy atom. The van der Waals surface area contributed by atoms with Crippen LogP contribution in [-0.2, 0) is 22.4 Å². The summed E-state index contributed by atoms with van der Waals surface area (Å²) in [7, 11) is 0. The first-order valence-electron chi connectivity index (χ1n) is 14.7. The number of ether oxygens (including phenoxy) is 1. The van der Waals surface area contributed by atoms with Crippen LogP contribution in [0.3, 0.4) is 0 Å². The van der Waals surface area contributed by atoms with Crippen LogP contribution in [0.4, 0.5) is 20.6 Å². The minimum absolute atomic E-state index is 0.119. The SMILES string of the molecule is Cc1[nH]c2ccccc2c1CCN(C(=O)OC(C)(C)C)C1CCCc2cc(/C=C/C(=O)Nc3ccc(F)cc3N)ccc21. The predicted octanol–water partition coefficient (Wildman–Crippen LogP) is 7.71. The summed E-state index contributed by atoms with van der Waals surface area (Å²) in [5, 5.41) is 3.86. The second-order valence-corrected chi connectivity index (χ2v) is 12.1. The number of aryl methyl sites for hydroxylation is 2. The van der Waals surface area contributed by atoms with Gasteiger partial charge in [0, 0.05) is 29.2 Å². The molecule has 2 amide bonds. The number of amides is 2. The number of halogens is 1. The summed E-state index contributed by atoms with van der Waals surface area (Å²) in [4.78, 5) is 31.5. The van der Waals surface area contributed by atoms with Gasteiger partial charge in [-0.25, -0.2) is 9.18 Å². The molecule has 1 unspecified atom stereocenters. The topological polar surface area (TPSA) is 100 Å². The molecule has 43 heavy (non-hydrogen) atoms. The van der Waals surface area contributed by atoms with Gasteiger partial charge in [0.1, 0.15) is 11.4 Å². The summed E-state index contributed by atoms with van der Waals surface area (Å²) >= 11 is 0. The Balaban J connectivity index is 1.36. The van der Waals surface area contributed by atoms with Crippen LogP contribution >= 0.6 is 0 Å². The van der Waals surface area contributed by atoms with Gasteiger partial charge in [-0.15, -0.1) is 0 Å². The molecule has 0 aliphatic heterocycles. The summed E-state index contributed by atoms with van der Waals surface area (Å²) in [5.74, 6) is -0.825. The number of aromatic nitrogens is 1. The molecular formula is C35H39FN4O3. The summed E-state index contributed by atoms with van der Waals surface area (Å²) in [6.45, 7) is 8.27. The highest BCUT2D eigenvalue weighted by Gasteiger charge is 2.32. The standard InChI is InChI=1S/C35H39FN4O3/c1-22-26(28-9-5-6-10-30(28)38-22)18-19-40(34(42)43-35(2,3)4)32-11-7-8-24-20-23(12-15-27(24)32)13-17-33(41)39-31-16-14-25(36)21-29(31)37/h5-6,9-10,12-17,20-21,32,38H,7-8,11,18-19,37H2,1-4H3,(H,39,41)/b17-13+. The van der Waals surface area contributed by atoms with Crippen molar-refractivity contribution in [2.24, 2.45) is 0 Å². The monoisotopic (exact) mass is 582 g/mol. The fourth-order valence-corrected chi connectivity index (χ4v) is 5.81. The van der Waals surface area contributed by atoms with E-state index < -0.39 is 11.4 Å². The quantitative estimate of drug-likeness (QED) is 0.153. The number of aromatic amines is 1. The van der Waals surface area contributed by atoms with Crippen LogP contribution in [-0.4, -0.2) is 34.0 Å². The highest BCUT2D eigenvalue weighted by atomic mass is 19.1. The second-order valence-electron chi connectivity index (χ2n) is 12.1. The van der Waals surface area contributed by atoms with Crippen LogP contribution in [0.2, 0.25) is 0 Å². The van der Waals surface area contributed by atoms with Gasteiger partial charge in [-0.05, 0) is 106 Å². The maximum Gasteiger partial charge on any atom is 0.410 e. The smallest absolute Gasteiger partial charge is 0.410 e. The second kappa shape index (κ2) is 12.3. The Morgan fingerprint density at radius 3 is 2.70 bits per heavy atom. The summed E-state index contributed by atoms with van der Waals surface area (Å²) in [6, 6.07) is 18.1. The molecule has 8 heteroatoms. The van der Waals surface area contributed by atoms with Gasteiger partial charge in [-0.3, -0.25) is 4.79 Å². The zero-order chi connectivity index (χ0) is 30.7. The molecule has 0 saturated heterocycles. The minimum Gasteiger partial charge on any atom is -0.444 e. The fraction of sp³-hybridized carbons (Fsp3) is 0.314. The van der Waals surface area contributed by atoms with E-state index in [-0.39, 0.29) is 23.7 Å². The number of hydrogen-bond donors (Lipinski definition) is 3. The Morgan fingerprint density at radius 1 is 1.14 bits per heavy atom. The van der Waals surface area contributed by atoms with Crippen molar-refractivity contribution in [2.45, 2.75) is 65.0 Å². The minimum atomic E-state index is -0.614. The average Bonchev–Trinajstić information content (AvgIpc) is 3.27. The third-order valence-corrected chi connectivity index (χ3v) is 7.78. The number of carbonyl (C=O) groups is 2. The van der Waals surface area contributed by atoms with Crippen molar-refractivity contribution in [1.29, 1.82) is 0 Å². The number of anilines is 2. The molecule has 0 radical (unpaired) electrons. The molecule has 1 heterocycles. The summed E-state index contributed by atoms with van der Waals surface area (Å²) in [5.41, 5.74) is 12.3. The van der Waals surface area contributed by atoms with E-state index in [4.69, 9.17) is 10.5 Å². The lowest BCUT2D eigenvalue weighted by Gasteiger charge is -2.37. The average molecular weight is 583 g/mol.